The molecule has 4 rings (SSSR count). The number of aromatic nitrogens is 2. The van der Waals surface area contributed by atoms with Crippen LogP contribution >= 0.6 is 0 Å². The Morgan fingerprint density at radius 2 is 1.80 bits per heavy atom. The van der Waals surface area contributed by atoms with Gasteiger partial charge >= 0.3 is 0 Å². The van der Waals surface area contributed by atoms with Gasteiger partial charge in [-0.1, -0.05) is 18.2 Å². The van der Waals surface area contributed by atoms with Crippen LogP contribution in [0.3, 0.4) is 0 Å². The summed E-state index contributed by atoms with van der Waals surface area (Å²) in [6, 6.07) is 12.7. The molecule has 0 fully saturated rings. The molecular weight excluding hydrogens is 320 g/mol. The van der Waals surface area contributed by atoms with Crippen LogP contribution in [0.1, 0.15) is 11.1 Å². The number of para-hydroxylation sites is 1. The lowest BCUT2D eigenvalue weighted by molar-refractivity contribution is 0.149. The molecule has 0 aliphatic carbocycles. The Bertz CT molecular complexity index is 889. The number of fused-ring (bicyclic) bond motifs is 1. The fraction of sp³-hybridized carbons (Fsp3) is 0.167. The Hall–Kier alpha value is -3.19. The maximum Gasteiger partial charge on any atom is 0.119 e. The minimum Gasteiger partial charge on any atom is -0.508 e. The molecule has 0 radical (unpaired) electrons. The summed E-state index contributed by atoms with van der Waals surface area (Å²) in [5.74, 6) is 0.0941. The third-order valence-corrected chi connectivity index (χ3v) is 4.25. The standard InChI is InChI=1S/C18H18N4O3/c23-16-5-13(6-17(24)7-16)9-20-10-14-3-1-2-4-18(14)21(12-20)15-8-19-22(25)11-15/h1-8,11,23-25H,9-10,12H2. The van der Waals surface area contributed by atoms with Crippen molar-refractivity contribution in [3.63, 3.8) is 0 Å². The summed E-state index contributed by atoms with van der Waals surface area (Å²) in [6.45, 7) is 1.91. The molecule has 3 N–H and O–H groups in total. The Kier molecular flexibility index (Phi) is 3.70. The monoisotopic (exact) mass is 338 g/mol. The predicted molar refractivity (Wildman–Crippen MR) is 91.9 cm³/mol. The normalized spacial score (nSPS) is 14.5. The van der Waals surface area contributed by atoms with Crippen molar-refractivity contribution >= 4 is 11.4 Å². The Labute approximate surface area is 144 Å². The van der Waals surface area contributed by atoms with Gasteiger partial charge in [-0.15, -0.1) is 9.94 Å². The molecule has 0 bridgehead atoms. The van der Waals surface area contributed by atoms with Crippen molar-refractivity contribution in [2.24, 2.45) is 0 Å². The van der Waals surface area contributed by atoms with Gasteiger partial charge in [-0.3, -0.25) is 4.90 Å². The first-order valence-electron chi connectivity index (χ1n) is 7.92. The molecule has 0 atom stereocenters. The molecule has 7 nitrogen and oxygen atoms in total. The van der Waals surface area contributed by atoms with E-state index in [9.17, 15) is 15.4 Å². The topological polar surface area (TPSA) is 85.0 Å². The van der Waals surface area contributed by atoms with Gasteiger partial charge in [-0.05, 0) is 29.3 Å². The first kappa shape index (κ1) is 15.3. The zero-order valence-electron chi connectivity index (χ0n) is 13.4. The second-order valence-corrected chi connectivity index (χ2v) is 6.16. The van der Waals surface area contributed by atoms with Crippen molar-refractivity contribution in [2.75, 3.05) is 11.6 Å². The highest BCUT2D eigenvalue weighted by molar-refractivity contribution is 5.66. The van der Waals surface area contributed by atoms with Crippen LogP contribution in [0, 0.1) is 0 Å². The van der Waals surface area contributed by atoms with Crippen molar-refractivity contribution in [1.82, 2.24) is 14.8 Å². The number of phenolic OH excluding ortho intramolecular Hbond substituents is 2. The number of anilines is 2. The van der Waals surface area contributed by atoms with E-state index in [4.69, 9.17) is 0 Å². The molecule has 0 unspecified atom stereocenters. The third kappa shape index (κ3) is 3.09. The van der Waals surface area contributed by atoms with Crippen LogP contribution in [-0.2, 0) is 13.1 Å². The number of nitrogens with zero attached hydrogens (tertiary/aromatic N) is 4. The first-order chi connectivity index (χ1) is 12.1. The van der Waals surface area contributed by atoms with Gasteiger partial charge in [0.05, 0.1) is 24.7 Å². The summed E-state index contributed by atoms with van der Waals surface area (Å²) in [6.07, 6.45) is 3.17. The van der Waals surface area contributed by atoms with Crippen LogP contribution in [0.25, 0.3) is 0 Å². The highest BCUT2D eigenvalue weighted by Gasteiger charge is 2.24. The number of phenols is 2. The molecule has 7 heteroatoms. The molecule has 2 heterocycles. The molecule has 1 aliphatic heterocycles. The highest BCUT2D eigenvalue weighted by Crippen LogP contribution is 2.34. The van der Waals surface area contributed by atoms with E-state index in [1.807, 2.05) is 18.2 Å². The van der Waals surface area contributed by atoms with Gasteiger partial charge < -0.3 is 20.3 Å². The first-order valence-corrected chi connectivity index (χ1v) is 7.92. The van der Waals surface area contributed by atoms with Crippen molar-refractivity contribution in [3.8, 4) is 11.5 Å². The highest BCUT2D eigenvalue weighted by atomic mass is 16.5. The van der Waals surface area contributed by atoms with E-state index in [2.05, 4.69) is 21.0 Å². The largest absolute Gasteiger partial charge is 0.508 e. The molecule has 0 amide bonds. The lowest BCUT2D eigenvalue weighted by Crippen LogP contribution is -2.39. The van der Waals surface area contributed by atoms with Crippen LogP contribution in [0.2, 0.25) is 0 Å². The van der Waals surface area contributed by atoms with Gasteiger partial charge in [0.1, 0.15) is 11.5 Å². The van der Waals surface area contributed by atoms with E-state index >= 15 is 0 Å². The number of benzene rings is 2. The lowest BCUT2D eigenvalue weighted by Gasteiger charge is -2.37. The Balaban J connectivity index is 1.65. The summed E-state index contributed by atoms with van der Waals surface area (Å²) in [7, 11) is 0. The molecule has 3 aromatic rings. The summed E-state index contributed by atoms with van der Waals surface area (Å²) in [5.41, 5.74) is 3.85. The van der Waals surface area contributed by atoms with E-state index in [0.29, 0.717) is 13.2 Å². The fourth-order valence-corrected chi connectivity index (χ4v) is 3.25. The van der Waals surface area contributed by atoms with Gasteiger partial charge in [0.25, 0.3) is 0 Å². The Morgan fingerprint density at radius 3 is 2.52 bits per heavy atom. The second kappa shape index (κ2) is 6.03. The molecular formula is C18H18N4O3. The molecule has 128 valence electrons. The summed E-state index contributed by atoms with van der Waals surface area (Å²) in [4.78, 5) is 5.05. The molecule has 0 saturated carbocycles. The average molecular weight is 338 g/mol. The van der Waals surface area contributed by atoms with E-state index < -0.39 is 0 Å². The average Bonchev–Trinajstić information content (AvgIpc) is 2.99. The van der Waals surface area contributed by atoms with Gasteiger partial charge in [-0.2, -0.15) is 0 Å². The summed E-state index contributed by atoms with van der Waals surface area (Å²) in [5, 5.41) is 32.7. The van der Waals surface area contributed by atoms with E-state index in [0.717, 1.165) is 33.9 Å². The number of hydrogen-bond acceptors (Lipinski definition) is 6. The van der Waals surface area contributed by atoms with Gasteiger partial charge in [-0.25, -0.2) is 0 Å². The number of hydrogen-bond donors (Lipinski definition) is 3. The lowest BCUT2D eigenvalue weighted by atomic mass is 10.1. The van der Waals surface area contributed by atoms with Crippen LogP contribution < -0.4 is 4.90 Å². The molecule has 0 saturated heterocycles. The van der Waals surface area contributed by atoms with E-state index in [1.54, 1.807) is 24.5 Å². The van der Waals surface area contributed by atoms with Crippen LogP contribution in [0.4, 0.5) is 11.4 Å². The van der Waals surface area contributed by atoms with Gasteiger partial charge in [0, 0.05) is 24.8 Å². The smallest absolute Gasteiger partial charge is 0.119 e. The van der Waals surface area contributed by atoms with Crippen molar-refractivity contribution in [1.29, 1.82) is 0 Å². The van der Waals surface area contributed by atoms with Crippen LogP contribution in [0.5, 0.6) is 11.5 Å². The zero-order chi connectivity index (χ0) is 17.4. The van der Waals surface area contributed by atoms with Crippen LogP contribution in [0.15, 0.2) is 54.9 Å². The molecule has 1 aromatic heterocycles. The maximum atomic E-state index is 9.69. The maximum absolute atomic E-state index is 9.69. The van der Waals surface area contributed by atoms with Gasteiger partial charge in [0.2, 0.25) is 0 Å². The summed E-state index contributed by atoms with van der Waals surface area (Å²) < 4.78 is 0. The molecule has 0 spiro atoms. The number of aromatic hydroxyl groups is 2. The Morgan fingerprint density at radius 1 is 1.04 bits per heavy atom. The van der Waals surface area contributed by atoms with Crippen molar-refractivity contribution in [3.05, 3.63) is 66.0 Å². The zero-order valence-corrected chi connectivity index (χ0v) is 13.4. The third-order valence-electron chi connectivity index (χ3n) is 4.25. The molecule has 25 heavy (non-hydrogen) atoms. The SMILES string of the molecule is Oc1cc(O)cc(CN2Cc3ccccc3N(c3cnn(O)c3)C2)c1. The van der Waals surface area contributed by atoms with E-state index in [1.165, 1.54) is 6.07 Å². The molecule has 2 aromatic carbocycles. The minimum absolute atomic E-state index is 0.0471. The fourth-order valence-electron chi connectivity index (χ4n) is 3.25. The van der Waals surface area contributed by atoms with Gasteiger partial charge in [0.15, 0.2) is 0 Å². The molecule has 1 aliphatic rings. The predicted octanol–water partition coefficient (Wildman–Crippen LogP) is 2.64. The quantitative estimate of drug-likeness (QED) is 0.637. The van der Waals surface area contributed by atoms with Crippen LogP contribution in [-0.4, -0.2) is 36.9 Å². The second-order valence-electron chi connectivity index (χ2n) is 6.16. The summed E-state index contributed by atoms with van der Waals surface area (Å²) >= 11 is 0. The number of rotatable bonds is 3. The van der Waals surface area contributed by atoms with Crippen molar-refractivity contribution < 1.29 is 15.4 Å². The van der Waals surface area contributed by atoms with Crippen molar-refractivity contribution in [2.45, 2.75) is 13.1 Å². The minimum atomic E-state index is 0.0471. The van der Waals surface area contributed by atoms with E-state index in [-0.39, 0.29) is 11.5 Å².